The van der Waals surface area contributed by atoms with Gasteiger partial charge in [0, 0.05) is 50.2 Å². The van der Waals surface area contributed by atoms with Crippen LogP contribution in [0.3, 0.4) is 0 Å². The second kappa shape index (κ2) is 18.8. The number of nitrogens with zero attached hydrogens (tertiary/aromatic N) is 2. The average Bonchev–Trinajstić information content (AvgIpc) is 3.51. The second-order valence-electron chi connectivity index (χ2n) is 16.5. The Balaban J connectivity index is 1.71. The zero-order valence-electron chi connectivity index (χ0n) is 32.4. The second-order valence-corrected chi connectivity index (χ2v) is 16.5. The van der Waals surface area contributed by atoms with Crippen molar-refractivity contribution in [1.29, 1.82) is 0 Å². The summed E-state index contributed by atoms with van der Waals surface area (Å²) in [5.41, 5.74) is -1.18. The van der Waals surface area contributed by atoms with Crippen molar-refractivity contribution in [2.75, 3.05) is 13.1 Å². The zero-order chi connectivity index (χ0) is 37.8. The molecule has 2 aliphatic rings. The van der Waals surface area contributed by atoms with Crippen LogP contribution in [0, 0.1) is 16.7 Å². The maximum Gasteiger partial charge on any atom is 0.306 e. The minimum absolute atomic E-state index is 0.0164. The Morgan fingerprint density at radius 1 is 0.580 bits per heavy atom. The minimum atomic E-state index is -0.609. The lowest BCUT2D eigenvalue weighted by molar-refractivity contribution is -0.160. The quantitative estimate of drug-likeness (QED) is 0.0572. The van der Waals surface area contributed by atoms with Crippen LogP contribution in [0.4, 0.5) is 0 Å². The first-order chi connectivity index (χ1) is 23.2. The van der Waals surface area contributed by atoms with Crippen LogP contribution >= 0.6 is 0 Å². The number of unbranched alkanes of at least 4 members (excludes halogenated alkanes) is 5. The van der Waals surface area contributed by atoms with Gasteiger partial charge in [-0.1, -0.05) is 60.3 Å². The molecule has 1 atom stereocenters. The molecule has 282 valence electrons. The van der Waals surface area contributed by atoms with Crippen LogP contribution in [0.5, 0.6) is 0 Å². The smallest absolute Gasteiger partial charge is 0.306 e. The number of esters is 2. The third-order valence-electron chi connectivity index (χ3n) is 10.9. The van der Waals surface area contributed by atoms with E-state index in [1.807, 2.05) is 27.7 Å². The molecule has 50 heavy (non-hydrogen) atoms. The van der Waals surface area contributed by atoms with E-state index in [0.29, 0.717) is 57.5 Å². The van der Waals surface area contributed by atoms with Crippen LogP contribution in [0.15, 0.2) is 24.3 Å². The Labute approximate surface area is 300 Å². The van der Waals surface area contributed by atoms with E-state index in [1.165, 1.54) is 34.1 Å². The van der Waals surface area contributed by atoms with E-state index < -0.39 is 11.2 Å². The Kier molecular flexibility index (Phi) is 16.1. The molecule has 0 aromatic carbocycles. The van der Waals surface area contributed by atoms with Gasteiger partial charge in [0.05, 0.1) is 0 Å². The summed E-state index contributed by atoms with van der Waals surface area (Å²) in [6.45, 7) is 20.2. The standard InChI is InChI=1S/C40H64N2O8/c1-10-30(29-39(6,7)50-36(48)20-14-12-18-28-42-33(45)23-24-34(42)46)40(8,9)37(2,3)25-15-16-26-38(4,5)49-35(47)19-13-11-17-27-41-31(43)21-22-32(41)44/h21-24,30H,10-20,25-29H2,1-9H3. The van der Waals surface area contributed by atoms with Gasteiger partial charge < -0.3 is 9.47 Å². The van der Waals surface area contributed by atoms with Gasteiger partial charge in [0.15, 0.2) is 0 Å². The highest BCUT2D eigenvalue weighted by atomic mass is 16.6. The molecule has 4 amide bonds. The van der Waals surface area contributed by atoms with E-state index in [1.54, 1.807) is 0 Å². The average molecular weight is 701 g/mol. The molecule has 0 aliphatic carbocycles. The van der Waals surface area contributed by atoms with Gasteiger partial charge in [-0.05, 0) is 95.8 Å². The molecule has 0 radical (unpaired) electrons. The molecule has 0 saturated heterocycles. The molecule has 0 spiro atoms. The predicted octanol–water partition coefficient (Wildman–Crippen LogP) is 7.63. The number of hydrogen-bond donors (Lipinski definition) is 0. The maximum absolute atomic E-state index is 12.8. The van der Waals surface area contributed by atoms with E-state index >= 15 is 0 Å². The normalized spacial score (nSPS) is 16.2. The summed E-state index contributed by atoms with van der Waals surface area (Å²) in [5, 5.41) is 0. The first-order valence-corrected chi connectivity index (χ1v) is 18.7. The number of ether oxygens (including phenoxy) is 2. The van der Waals surface area contributed by atoms with E-state index in [9.17, 15) is 28.8 Å². The number of rotatable bonds is 24. The summed E-state index contributed by atoms with van der Waals surface area (Å²) in [7, 11) is 0. The first-order valence-electron chi connectivity index (χ1n) is 18.7. The molecule has 0 fully saturated rings. The van der Waals surface area contributed by atoms with Crippen molar-refractivity contribution >= 4 is 35.6 Å². The summed E-state index contributed by atoms with van der Waals surface area (Å²) in [6, 6.07) is 0. The Bertz CT molecular complexity index is 1240. The molecular formula is C40H64N2O8. The molecule has 1 unspecified atom stereocenters. The number of hydrogen-bond acceptors (Lipinski definition) is 8. The fraction of sp³-hybridized carbons (Fsp3) is 0.750. The largest absolute Gasteiger partial charge is 0.460 e. The lowest BCUT2D eigenvalue weighted by Gasteiger charge is -2.49. The molecule has 2 heterocycles. The van der Waals surface area contributed by atoms with Crippen LogP contribution in [-0.2, 0) is 38.2 Å². The molecule has 0 saturated carbocycles. The van der Waals surface area contributed by atoms with E-state index in [4.69, 9.17) is 9.47 Å². The number of amides is 4. The number of carbonyl (C=O) groups is 6. The van der Waals surface area contributed by atoms with Gasteiger partial charge in [-0.2, -0.15) is 0 Å². The third-order valence-corrected chi connectivity index (χ3v) is 10.9. The fourth-order valence-electron chi connectivity index (χ4n) is 7.04. The lowest BCUT2D eigenvalue weighted by Crippen LogP contribution is -2.43. The Morgan fingerprint density at radius 3 is 1.40 bits per heavy atom. The van der Waals surface area contributed by atoms with Crippen molar-refractivity contribution in [2.24, 2.45) is 16.7 Å². The van der Waals surface area contributed by atoms with Gasteiger partial charge in [0.1, 0.15) is 11.2 Å². The minimum Gasteiger partial charge on any atom is -0.460 e. The summed E-state index contributed by atoms with van der Waals surface area (Å²) in [4.78, 5) is 74.4. The summed E-state index contributed by atoms with van der Waals surface area (Å²) >= 11 is 0. The van der Waals surface area contributed by atoms with Crippen molar-refractivity contribution in [3.63, 3.8) is 0 Å². The van der Waals surface area contributed by atoms with Gasteiger partial charge in [-0.15, -0.1) is 0 Å². The molecule has 0 bridgehead atoms. The van der Waals surface area contributed by atoms with Gasteiger partial charge in [0.2, 0.25) is 0 Å². The van der Waals surface area contributed by atoms with Crippen molar-refractivity contribution in [2.45, 2.75) is 163 Å². The van der Waals surface area contributed by atoms with Crippen LogP contribution in [0.2, 0.25) is 0 Å². The molecule has 0 aromatic rings. The van der Waals surface area contributed by atoms with Crippen LogP contribution < -0.4 is 0 Å². The van der Waals surface area contributed by atoms with Crippen molar-refractivity contribution in [1.82, 2.24) is 9.80 Å². The molecule has 2 aliphatic heterocycles. The maximum atomic E-state index is 12.8. The highest BCUT2D eigenvalue weighted by Gasteiger charge is 2.44. The predicted molar refractivity (Wildman–Crippen MR) is 193 cm³/mol. The molecular weight excluding hydrogens is 636 g/mol. The molecule has 10 nitrogen and oxygen atoms in total. The van der Waals surface area contributed by atoms with Crippen molar-refractivity contribution < 1.29 is 38.2 Å². The summed E-state index contributed by atoms with van der Waals surface area (Å²) in [5.74, 6) is -1.20. The topological polar surface area (TPSA) is 127 Å². The number of imide groups is 2. The highest BCUT2D eigenvalue weighted by Crippen LogP contribution is 2.51. The van der Waals surface area contributed by atoms with Gasteiger partial charge in [-0.3, -0.25) is 38.6 Å². The lowest BCUT2D eigenvalue weighted by atomic mass is 9.57. The van der Waals surface area contributed by atoms with E-state index in [2.05, 4.69) is 34.6 Å². The van der Waals surface area contributed by atoms with E-state index in [0.717, 1.165) is 51.4 Å². The van der Waals surface area contributed by atoms with Crippen molar-refractivity contribution in [3.8, 4) is 0 Å². The third kappa shape index (κ3) is 13.4. The summed E-state index contributed by atoms with van der Waals surface area (Å²) < 4.78 is 11.8. The van der Waals surface area contributed by atoms with Gasteiger partial charge >= 0.3 is 11.9 Å². The highest BCUT2D eigenvalue weighted by molar-refractivity contribution is 6.13. The van der Waals surface area contributed by atoms with Gasteiger partial charge in [0.25, 0.3) is 23.6 Å². The van der Waals surface area contributed by atoms with Crippen LogP contribution in [0.1, 0.15) is 152 Å². The van der Waals surface area contributed by atoms with Crippen LogP contribution in [-0.4, -0.2) is 69.7 Å². The first kappa shape index (κ1) is 42.9. The van der Waals surface area contributed by atoms with Crippen molar-refractivity contribution in [3.05, 3.63) is 24.3 Å². The Hall–Kier alpha value is -3.30. The summed E-state index contributed by atoms with van der Waals surface area (Å²) in [6.07, 6.45) is 15.3. The SMILES string of the molecule is CCC(CC(C)(C)OC(=O)CCCCCN1C(=O)C=CC1=O)C(C)(C)C(C)(C)CCCCC(C)(C)OC(=O)CCCCCN1C(=O)C=CC1=O. The molecule has 0 N–H and O–H groups in total. The van der Waals surface area contributed by atoms with Gasteiger partial charge in [-0.25, -0.2) is 0 Å². The molecule has 0 aromatic heterocycles. The zero-order valence-corrected chi connectivity index (χ0v) is 32.4. The van der Waals surface area contributed by atoms with E-state index in [-0.39, 0.29) is 46.4 Å². The molecule has 2 rings (SSSR count). The number of carbonyl (C=O) groups excluding carboxylic acids is 6. The van der Waals surface area contributed by atoms with Crippen LogP contribution in [0.25, 0.3) is 0 Å². The Morgan fingerprint density at radius 2 is 0.980 bits per heavy atom. The molecule has 10 heteroatoms. The monoisotopic (exact) mass is 700 g/mol. The fourth-order valence-corrected chi connectivity index (χ4v) is 7.04.